The van der Waals surface area contributed by atoms with E-state index in [1.807, 2.05) is 18.2 Å². The summed E-state index contributed by atoms with van der Waals surface area (Å²) in [5, 5.41) is 11.5. The van der Waals surface area contributed by atoms with Crippen LogP contribution in [0.5, 0.6) is 11.5 Å². The lowest BCUT2D eigenvalue weighted by molar-refractivity contribution is -0.160. The first-order valence-corrected chi connectivity index (χ1v) is 8.71. The minimum Gasteiger partial charge on any atom is -0.497 e. The molecular formula is C21H22N2O5. The number of methoxy groups -OCH3 is 1. The number of rotatable bonds is 8. The maximum Gasteiger partial charge on any atom is 0.347 e. The summed E-state index contributed by atoms with van der Waals surface area (Å²) >= 11 is 0. The highest BCUT2D eigenvalue weighted by Gasteiger charge is 2.23. The van der Waals surface area contributed by atoms with Gasteiger partial charge in [0.25, 0.3) is 5.91 Å². The van der Waals surface area contributed by atoms with Gasteiger partial charge in [-0.05, 0) is 55.8 Å². The minimum absolute atomic E-state index is 0.308. The third-order valence-corrected chi connectivity index (χ3v) is 3.92. The first-order chi connectivity index (χ1) is 13.4. The molecule has 0 saturated carbocycles. The van der Waals surface area contributed by atoms with E-state index in [1.165, 1.54) is 13.8 Å². The van der Waals surface area contributed by atoms with Crippen LogP contribution in [0.25, 0.3) is 0 Å². The molecule has 0 heterocycles. The molecule has 1 N–H and O–H groups in total. The van der Waals surface area contributed by atoms with Gasteiger partial charge in [-0.3, -0.25) is 4.79 Å². The summed E-state index contributed by atoms with van der Waals surface area (Å²) in [5.74, 6) is 0.0971. The van der Waals surface area contributed by atoms with E-state index < -0.39 is 24.1 Å². The molecule has 7 nitrogen and oxygen atoms in total. The summed E-state index contributed by atoms with van der Waals surface area (Å²) in [6.07, 6.45) is -1.86. The van der Waals surface area contributed by atoms with Gasteiger partial charge in [0, 0.05) is 6.54 Å². The van der Waals surface area contributed by atoms with Crippen LogP contribution in [0.4, 0.5) is 0 Å². The molecule has 2 rings (SSSR count). The molecule has 2 aromatic rings. The van der Waals surface area contributed by atoms with E-state index in [2.05, 4.69) is 5.32 Å². The number of benzene rings is 2. The zero-order valence-corrected chi connectivity index (χ0v) is 16.0. The molecule has 1 amide bonds. The number of hydrogen-bond donors (Lipinski definition) is 1. The Morgan fingerprint density at radius 1 is 1.00 bits per heavy atom. The number of nitriles is 1. The number of amides is 1. The van der Waals surface area contributed by atoms with Crippen molar-refractivity contribution in [1.82, 2.24) is 5.32 Å². The molecule has 0 aliphatic carbocycles. The van der Waals surface area contributed by atoms with Crippen LogP contribution in [0.15, 0.2) is 48.5 Å². The maximum atomic E-state index is 12.1. The Kier molecular flexibility index (Phi) is 7.40. The van der Waals surface area contributed by atoms with Crippen molar-refractivity contribution in [1.29, 1.82) is 5.26 Å². The standard InChI is InChI=1S/C21H22N2O5/c1-14(20(24)23-13-17-6-8-18(26-3)9-7-17)28-21(25)15(2)27-19-10-4-16(12-22)5-11-19/h4-11,14-15H,13H2,1-3H3,(H,23,24)/t14-,15+/m1/s1. The second kappa shape index (κ2) is 9.97. The van der Waals surface area contributed by atoms with Crippen molar-refractivity contribution in [3.63, 3.8) is 0 Å². The Morgan fingerprint density at radius 3 is 2.18 bits per heavy atom. The van der Waals surface area contributed by atoms with Crippen molar-refractivity contribution in [2.45, 2.75) is 32.6 Å². The fourth-order valence-electron chi connectivity index (χ4n) is 2.26. The lowest BCUT2D eigenvalue weighted by Crippen LogP contribution is -2.38. The van der Waals surface area contributed by atoms with E-state index >= 15 is 0 Å². The molecule has 2 atom stereocenters. The number of ether oxygens (including phenoxy) is 3. The number of nitrogens with one attached hydrogen (secondary N) is 1. The number of nitrogens with zero attached hydrogens (tertiary/aromatic N) is 1. The van der Waals surface area contributed by atoms with Gasteiger partial charge in [-0.2, -0.15) is 5.26 Å². The maximum absolute atomic E-state index is 12.1. The van der Waals surface area contributed by atoms with Crippen LogP contribution >= 0.6 is 0 Å². The van der Waals surface area contributed by atoms with Crippen molar-refractivity contribution in [3.8, 4) is 17.6 Å². The largest absolute Gasteiger partial charge is 0.497 e. The highest BCUT2D eigenvalue weighted by atomic mass is 16.6. The molecule has 146 valence electrons. The van der Waals surface area contributed by atoms with E-state index in [9.17, 15) is 9.59 Å². The smallest absolute Gasteiger partial charge is 0.347 e. The summed E-state index contributed by atoms with van der Waals surface area (Å²) < 4.78 is 15.7. The molecule has 0 radical (unpaired) electrons. The van der Waals surface area contributed by atoms with Crippen molar-refractivity contribution in [2.75, 3.05) is 7.11 Å². The number of esters is 1. The van der Waals surface area contributed by atoms with E-state index in [-0.39, 0.29) is 0 Å². The Balaban J connectivity index is 1.80. The Bertz CT molecular complexity index is 841. The fourth-order valence-corrected chi connectivity index (χ4v) is 2.26. The lowest BCUT2D eigenvalue weighted by atomic mass is 10.2. The highest BCUT2D eigenvalue weighted by molar-refractivity contribution is 5.84. The van der Waals surface area contributed by atoms with Gasteiger partial charge >= 0.3 is 5.97 Å². The van der Waals surface area contributed by atoms with Crippen LogP contribution in [0.3, 0.4) is 0 Å². The molecular weight excluding hydrogens is 360 g/mol. The quantitative estimate of drug-likeness (QED) is 0.705. The average Bonchev–Trinajstić information content (AvgIpc) is 2.72. The third-order valence-electron chi connectivity index (χ3n) is 3.92. The van der Waals surface area contributed by atoms with Gasteiger partial charge in [-0.1, -0.05) is 12.1 Å². The molecule has 28 heavy (non-hydrogen) atoms. The summed E-state index contributed by atoms with van der Waals surface area (Å²) in [4.78, 5) is 24.3. The first kappa shape index (κ1) is 20.8. The van der Waals surface area contributed by atoms with Crippen molar-refractivity contribution < 1.29 is 23.8 Å². The van der Waals surface area contributed by atoms with Gasteiger partial charge in [-0.25, -0.2) is 4.79 Å². The molecule has 2 aromatic carbocycles. The normalized spacial score (nSPS) is 12.2. The topological polar surface area (TPSA) is 97.7 Å². The molecule has 0 fully saturated rings. The van der Waals surface area contributed by atoms with Crippen LogP contribution in [0.2, 0.25) is 0 Å². The van der Waals surface area contributed by atoms with Gasteiger partial charge in [0.1, 0.15) is 11.5 Å². The number of carbonyl (C=O) groups excluding carboxylic acids is 2. The van der Waals surface area contributed by atoms with Gasteiger partial charge in [-0.15, -0.1) is 0 Å². The number of hydrogen-bond acceptors (Lipinski definition) is 6. The lowest BCUT2D eigenvalue weighted by Gasteiger charge is -2.18. The molecule has 7 heteroatoms. The van der Waals surface area contributed by atoms with Crippen molar-refractivity contribution in [2.24, 2.45) is 0 Å². The van der Waals surface area contributed by atoms with E-state index in [1.54, 1.807) is 43.5 Å². The second-order valence-electron chi connectivity index (χ2n) is 6.04. The zero-order chi connectivity index (χ0) is 20.5. The molecule has 0 aliphatic heterocycles. The third kappa shape index (κ3) is 6.02. The fraction of sp³-hybridized carbons (Fsp3) is 0.286. The van der Waals surface area contributed by atoms with Gasteiger partial charge in [0.2, 0.25) is 0 Å². The van der Waals surface area contributed by atoms with Crippen LogP contribution in [0.1, 0.15) is 25.0 Å². The highest BCUT2D eigenvalue weighted by Crippen LogP contribution is 2.14. The summed E-state index contributed by atoms with van der Waals surface area (Å²) in [7, 11) is 1.58. The van der Waals surface area contributed by atoms with E-state index in [0.717, 1.165) is 11.3 Å². The predicted octanol–water partition coefficient (Wildman–Crippen LogP) is 2.58. The van der Waals surface area contributed by atoms with Crippen molar-refractivity contribution in [3.05, 3.63) is 59.7 Å². The summed E-state index contributed by atoms with van der Waals surface area (Å²) in [6, 6.07) is 15.6. The molecule has 0 aliphatic rings. The van der Waals surface area contributed by atoms with Crippen LogP contribution < -0.4 is 14.8 Å². The van der Waals surface area contributed by atoms with E-state index in [0.29, 0.717) is 17.9 Å². The average molecular weight is 382 g/mol. The summed E-state index contributed by atoms with van der Waals surface area (Å²) in [6.45, 7) is 3.33. The van der Waals surface area contributed by atoms with Gasteiger partial charge in [0.15, 0.2) is 12.2 Å². The number of carbonyl (C=O) groups is 2. The minimum atomic E-state index is -0.960. The molecule has 0 spiro atoms. The van der Waals surface area contributed by atoms with Crippen LogP contribution in [-0.2, 0) is 20.9 Å². The monoisotopic (exact) mass is 382 g/mol. The van der Waals surface area contributed by atoms with Crippen LogP contribution in [0, 0.1) is 11.3 Å². The SMILES string of the molecule is COc1ccc(CNC(=O)[C@@H](C)OC(=O)[C@H](C)Oc2ccc(C#N)cc2)cc1. The van der Waals surface area contributed by atoms with Crippen molar-refractivity contribution >= 4 is 11.9 Å². The van der Waals surface area contributed by atoms with Gasteiger partial charge < -0.3 is 19.5 Å². The second-order valence-corrected chi connectivity index (χ2v) is 6.04. The molecule has 0 unspecified atom stereocenters. The molecule has 0 saturated heterocycles. The Morgan fingerprint density at radius 2 is 1.61 bits per heavy atom. The zero-order valence-electron chi connectivity index (χ0n) is 16.0. The Hall–Kier alpha value is -3.53. The Labute approximate surface area is 163 Å². The molecule has 0 bridgehead atoms. The first-order valence-electron chi connectivity index (χ1n) is 8.71. The predicted molar refractivity (Wildman–Crippen MR) is 102 cm³/mol. The van der Waals surface area contributed by atoms with Crippen LogP contribution in [-0.4, -0.2) is 31.2 Å². The van der Waals surface area contributed by atoms with Gasteiger partial charge in [0.05, 0.1) is 18.7 Å². The van der Waals surface area contributed by atoms with E-state index in [4.69, 9.17) is 19.5 Å². The summed E-state index contributed by atoms with van der Waals surface area (Å²) in [5.41, 5.74) is 1.38. The molecule has 0 aromatic heterocycles.